The van der Waals surface area contributed by atoms with Crippen molar-refractivity contribution in [1.82, 2.24) is 0 Å². The van der Waals surface area contributed by atoms with Crippen molar-refractivity contribution in [3.05, 3.63) is 47.5 Å². The van der Waals surface area contributed by atoms with Gasteiger partial charge in [-0.3, -0.25) is 4.79 Å². The first kappa shape index (κ1) is 23.5. The van der Waals surface area contributed by atoms with Crippen LogP contribution in [0.4, 0.5) is 11.4 Å². The van der Waals surface area contributed by atoms with Gasteiger partial charge in [0, 0.05) is 36.9 Å². The van der Waals surface area contributed by atoms with Crippen LogP contribution >= 0.6 is 0 Å². The molecule has 172 valence electrons. The van der Waals surface area contributed by atoms with E-state index in [1.54, 1.807) is 13.2 Å². The predicted molar refractivity (Wildman–Crippen MR) is 127 cm³/mol. The number of methoxy groups -OCH3 is 1. The third kappa shape index (κ3) is 5.95. The Hall–Kier alpha value is -3.19. The zero-order chi connectivity index (χ0) is 22.9. The predicted octanol–water partition coefficient (Wildman–Crippen LogP) is 4.29. The van der Waals surface area contributed by atoms with E-state index in [0.29, 0.717) is 49.4 Å². The van der Waals surface area contributed by atoms with Gasteiger partial charge >= 0.3 is 0 Å². The third-order valence-electron chi connectivity index (χ3n) is 5.07. The molecular formula is C25H32N2O5. The summed E-state index contributed by atoms with van der Waals surface area (Å²) in [5, 5.41) is 2.93. The fourth-order valence-corrected chi connectivity index (χ4v) is 3.57. The normalized spacial score (nSPS) is 13.8. The molecule has 32 heavy (non-hydrogen) atoms. The molecule has 0 radical (unpaired) electrons. The lowest BCUT2D eigenvalue weighted by molar-refractivity contribution is -0.111. The Morgan fingerprint density at radius 3 is 2.47 bits per heavy atom. The van der Waals surface area contributed by atoms with Crippen LogP contribution in [0.3, 0.4) is 0 Å². The molecule has 1 heterocycles. The van der Waals surface area contributed by atoms with Crippen LogP contribution < -0.4 is 24.4 Å². The number of carbonyl (C=O) groups is 1. The van der Waals surface area contributed by atoms with E-state index in [-0.39, 0.29) is 5.91 Å². The Morgan fingerprint density at radius 2 is 1.78 bits per heavy atom. The van der Waals surface area contributed by atoms with E-state index in [9.17, 15) is 4.79 Å². The molecule has 1 aliphatic heterocycles. The maximum absolute atomic E-state index is 12.7. The van der Waals surface area contributed by atoms with Crippen molar-refractivity contribution in [3.63, 3.8) is 0 Å². The van der Waals surface area contributed by atoms with Gasteiger partial charge in [0.2, 0.25) is 5.91 Å². The van der Waals surface area contributed by atoms with E-state index in [1.165, 1.54) is 6.08 Å². The van der Waals surface area contributed by atoms with Gasteiger partial charge in [-0.25, -0.2) is 0 Å². The van der Waals surface area contributed by atoms with Crippen LogP contribution in [0.25, 0.3) is 6.08 Å². The fourth-order valence-electron chi connectivity index (χ4n) is 3.57. The molecule has 1 amide bonds. The van der Waals surface area contributed by atoms with E-state index >= 15 is 0 Å². The molecule has 2 aromatic rings. The standard InChI is InChI=1S/C25H32N2O5/c1-5-31-23-17-21(27-11-13-30-14-12-27)24(32-6-2)16-20(23)26-25(28)10-8-19-15-18(3)7-9-22(19)29-4/h7-10,15-17H,5-6,11-14H2,1-4H3,(H,26,28)/b10-8+. The lowest BCUT2D eigenvalue weighted by Crippen LogP contribution is -2.36. The van der Waals surface area contributed by atoms with Crippen molar-refractivity contribution >= 4 is 23.4 Å². The number of carbonyl (C=O) groups excluding carboxylic acids is 1. The SMILES string of the molecule is CCOc1cc(N2CCOCC2)c(OCC)cc1NC(=O)/C=C/c1cc(C)ccc1OC. The van der Waals surface area contributed by atoms with Crippen molar-refractivity contribution in [1.29, 1.82) is 0 Å². The maximum Gasteiger partial charge on any atom is 0.248 e. The molecule has 0 aromatic heterocycles. The number of hydrogen-bond acceptors (Lipinski definition) is 6. The summed E-state index contributed by atoms with van der Waals surface area (Å²) in [5.41, 5.74) is 3.43. The summed E-state index contributed by atoms with van der Waals surface area (Å²) >= 11 is 0. The molecular weight excluding hydrogens is 408 g/mol. The molecule has 0 atom stereocenters. The third-order valence-corrected chi connectivity index (χ3v) is 5.07. The highest BCUT2D eigenvalue weighted by Crippen LogP contribution is 2.39. The van der Waals surface area contributed by atoms with Crippen LogP contribution in [0.15, 0.2) is 36.4 Å². The highest BCUT2D eigenvalue weighted by Gasteiger charge is 2.20. The first-order valence-corrected chi connectivity index (χ1v) is 11.0. The summed E-state index contributed by atoms with van der Waals surface area (Å²) in [4.78, 5) is 14.9. The van der Waals surface area contributed by atoms with Crippen molar-refractivity contribution < 1.29 is 23.7 Å². The molecule has 1 saturated heterocycles. The number of rotatable bonds is 9. The van der Waals surface area contributed by atoms with Gasteiger partial charge < -0.3 is 29.2 Å². The van der Waals surface area contributed by atoms with Crippen molar-refractivity contribution in [3.8, 4) is 17.2 Å². The number of hydrogen-bond donors (Lipinski definition) is 1. The molecule has 7 heteroatoms. The topological polar surface area (TPSA) is 69.3 Å². The first-order chi connectivity index (χ1) is 15.5. The number of benzene rings is 2. The second-order valence-corrected chi connectivity index (χ2v) is 7.35. The average molecular weight is 441 g/mol. The number of nitrogens with one attached hydrogen (secondary N) is 1. The molecule has 0 bridgehead atoms. The molecule has 7 nitrogen and oxygen atoms in total. The van der Waals surface area contributed by atoms with Crippen LogP contribution in [0.1, 0.15) is 25.0 Å². The van der Waals surface area contributed by atoms with Gasteiger partial charge in [-0.2, -0.15) is 0 Å². The van der Waals surface area contributed by atoms with Gasteiger partial charge in [-0.05, 0) is 39.0 Å². The number of ether oxygens (including phenoxy) is 4. The van der Waals surface area contributed by atoms with Gasteiger partial charge in [-0.1, -0.05) is 11.6 Å². The van der Waals surface area contributed by atoms with Gasteiger partial charge in [0.15, 0.2) is 0 Å². The minimum absolute atomic E-state index is 0.268. The number of anilines is 2. The van der Waals surface area contributed by atoms with E-state index in [1.807, 2.05) is 51.1 Å². The molecule has 3 rings (SSSR count). The fraction of sp³-hybridized carbons (Fsp3) is 0.400. The van der Waals surface area contributed by atoms with E-state index in [0.717, 1.165) is 29.9 Å². The van der Waals surface area contributed by atoms with Crippen LogP contribution in [-0.4, -0.2) is 52.5 Å². The number of morpholine rings is 1. The Balaban J connectivity index is 1.86. The summed E-state index contributed by atoms with van der Waals surface area (Å²) < 4.78 is 22.6. The number of amides is 1. The summed E-state index contributed by atoms with van der Waals surface area (Å²) in [6.07, 6.45) is 3.23. The Kier molecular flexibility index (Phi) is 8.39. The van der Waals surface area contributed by atoms with Crippen LogP contribution in [0.2, 0.25) is 0 Å². The van der Waals surface area contributed by atoms with Crippen LogP contribution in [0.5, 0.6) is 17.2 Å². The molecule has 0 unspecified atom stereocenters. The average Bonchev–Trinajstić information content (AvgIpc) is 2.80. The summed E-state index contributed by atoms with van der Waals surface area (Å²) in [5.74, 6) is 1.75. The first-order valence-electron chi connectivity index (χ1n) is 11.0. The summed E-state index contributed by atoms with van der Waals surface area (Å²) in [6.45, 7) is 9.74. The van der Waals surface area contributed by atoms with E-state index < -0.39 is 0 Å². The smallest absolute Gasteiger partial charge is 0.248 e. The highest BCUT2D eigenvalue weighted by molar-refractivity contribution is 6.03. The van der Waals surface area contributed by atoms with Gasteiger partial charge in [0.05, 0.1) is 44.9 Å². The van der Waals surface area contributed by atoms with Crippen molar-refractivity contribution in [2.24, 2.45) is 0 Å². The van der Waals surface area contributed by atoms with Crippen molar-refractivity contribution in [2.45, 2.75) is 20.8 Å². The lowest BCUT2D eigenvalue weighted by atomic mass is 10.1. The molecule has 1 N–H and O–H groups in total. The Bertz CT molecular complexity index is 952. The minimum atomic E-state index is -0.268. The van der Waals surface area contributed by atoms with Gasteiger partial charge in [0.25, 0.3) is 0 Å². The minimum Gasteiger partial charge on any atom is -0.496 e. The molecule has 0 saturated carbocycles. The van der Waals surface area contributed by atoms with Crippen molar-refractivity contribution in [2.75, 3.05) is 56.8 Å². The van der Waals surface area contributed by atoms with E-state index in [2.05, 4.69) is 10.2 Å². The monoisotopic (exact) mass is 440 g/mol. The quantitative estimate of drug-likeness (QED) is 0.587. The van der Waals surface area contributed by atoms with E-state index in [4.69, 9.17) is 18.9 Å². The maximum atomic E-state index is 12.7. The molecule has 1 aliphatic rings. The Morgan fingerprint density at radius 1 is 1.06 bits per heavy atom. The summed E-state index contributed by atoms with van der Waals surface area (Å²) in [6, 6.07) is 9.59. The molecule has 2 aromatic carbocycles. The van der Waals surface area contributed by atoms with Gasteiger partial charge in [0.1, 0.15) is 17.2 Å². The van der Waals surface area contributed by atoms with Gasteiger partial charge in [-0.15, -0.1) is 0 Å². The number of aryl methyl sites for hydroxylation is 1. The second-order valence-electron chi connectivity index (χ2n) is 7.35. The van der Waals surface area contributed by atoms with Crippen LogP contribution in [-0.2, 0) is 9.53 Å². The molecule has 0 aliphatic carbocycles. The lowest BCUT2D eigenvalue weighted by Gasteiger charge is -2.31. The Labute approximate surface area is 189 Å². The van der Waals surface area contributed by atoms with Crippen LogP contribution in [0, 0.1) is 6.92 Å². The second kappa shape index (κ2) is 11.4. The number of nitrogens with zero attached hydrogens (tertiary/aromatic N) is 1. The largest absolute Gasteiger partial charge is 0.496 e. The highest BCUT2D eigenvalue weighted by atomic mass is 16.5. The zero-order valence-electron chi connectivity index (χ0n) is 19.3. The zero-order valence-corrected chi connectivity index (χ0v) is 19.3. The molecule has 1 fully saturated rings. The summed E-state index contributed by atoms with van der Waals surface area (Å²) in [7, 11) is 1.61. The molecule has 0 spiro atoms.